The van der Waals surface area contributed by atoms with E-state index >= 15 is 0 Å². The summed E-state index contributed by atoms with van der Waals surface area (Å²) in [5, 5.41) is 13.2. The predicted octanol–water partition coefficient (Wildman–Crippen LogP) is 0.683. The van der Waals surface area contributed by atoms with Crippen molar-refractivity contribution in [1.29, 1.82) is 5.26 Å². The zero-order valence-electron chi connectivity index (χ0n) is 9.61. The number of likely N-dealkylation sites (N-methyl/N-ethyl adjacent to an activating group) is 1. The lowest BCUT2D eigenvalue weighted by molar-refractivity contribution is 0.206. The molecule has 0 unspecified atom stereocenters. The third kappa shape index (κ3) is 2.28. The summed E-state index contributed by atoms with van der Waals surface area (Å²) in [6.45, 7) is 3.21. The molecule has 0 saturated heterocycles. The van der Waals surface area contributed by atoms with Crippen molar-refractivity contribution in [3.05, 3.63) is 11.3 Å². The van der Waals surface area contributed by atoms with Gasteiger partial charge in [0.05, 0.1) is 12.3 Å². The second kappa shape index (κ2) is 4.80. The van der Waals surface area contributed by atoms with Crippen LogP contribution in [0.5, 0.6) is 0 Å². The van der Waals surface area contributed by atoms with Gasteiger partial charge in [-0.05, 0) is 6.92 Å². The van der Waals surface area contributed by atoms with E-state index in [9.17, 15) is 0 Å². The van der Waals surface area contributed by atoms with Crippen molar-refractivity contribution < 1.29 is 4.74 Å². The van der Waals surface area contributed by atoms with E-state index < -0.39 is 0 Å². The van der Waals surface area contributed by atoms with E-state index in [4.69, 9.17) is 10.00 Å². The number of methoxy groups -OCH3 is 1. The average Bonchev–Trinajstić information content (AvgIpc) is 2.49. The molecule has 0 radical (unpaired) electrons. The molecule has 5 heteroatoms. The molecule has 82 valence electrons. The molecule has 5 nitrogen and oxygen atoms in total. The Morgan fingerprint density at radius 1 is 1.60 bits per heavy atom. The minimum Gasteiger partial charge on any atom is -0.383 e. The lowest BCUT2D eigenvalue weighted by atomic mass is 10.2. The van der Waals surface area contributed by atoms with E-state index in [2.05, 4.69) is 11.2 Å². The van der Waals surface area contributed by atoms with E-state index in [1.54, 1.807) is 11.8 Å². The lowest BCUT2D eigenvalue weighted by Crippen LogP contribution is -2.25. The Hall–Kier alpha value is -1.54. The molecular formula is C10H16N4O. The Kier molecular flexibility index (Phi) is 3.69. The number of rotatable bonds is 4. The molecule has 0 bridgehead atoms. The highest BCUT2D eigenvalue weighted by Crippen LogP contribution is 2.20. The molecule has 0 aliphatic carbocycles. The molecular weight excluding hydrogens is 192 g/mol. The maximum absolute atomic E-state index is 9.03. The summed E-state index contributed by atoms with van der Waals surface area (Å²) in [5.74, 6) is 0.840. The van der Waals surface area contributed by atoms with Crippen LogP contribution in [-0.2, 0) is 11.8 Å². The van der Waals surface area contributed by atoms with Crippen LogP contribution in [-0.4, -0.2) is 37.1 Å². The molecule has 1 aromatic heterocycles. The summed E-state index contributed by atoms with van der Waals surface area (Å²) in [4.78, 5) is 1.97. The average molecular weight is 208 g/mol. The van der Waals surface area contributed by atoms with Crippen LogP contribution in [0.1, 0.15) is 11.3 Å². The van der Waals surface area contributed by atoms with Gasteiger partial charge in [-0.1, -0.05) is 0 Å². The van der Waals surface area contributed by atoms with Gasteiger partial charge in [-0.15, -0.1) is 0 Å². The monoisotopic (exact) mass is 208 g/mol. The van der Waals surface area contributed by atoms with Crippen LogP contribution in [0.25, 0.3) is 0 Å². The first-order valence-corrected chi connectivity index (χ1v) is 4.75. The molecule has 0 saturated carbocycles. The van der Waals surface area contributed by atoms with Gasteiger partial charge in [0.25, 0.3) is 0 Å². The van der Waals surface area contributed by atoms with Crippen molar-refractivity contribution >= 4 is 5.82 Å². The Morgan fingerprint density at radius 2 is 2.27 bits per heavy atom. The fourth-order valence-corrected chi connectivity index (χ4v) is 1.55. The molecule has 0 aliphatic rings. The molecule has 1 rings (SSSR count). The molecule has 1 heterocycles. The summed E-state index contributed by atoms with van der Waals surface area (Å²) in [7, 11) is 5.43. The Labute approximate surface area is 89.9 Å². The Balaban J connectivity index is 2.97. The van der Waals surface area contributed by atoms with Gasteiger partial charge in [0, 0.05) is 27.7 Å². The Bertz CT molecular complexity index is 378. The molecule has 0 aromatic carbocycles. The Morgan fingerprint density at radius 3 is 2.80 bits per heavy atom. The first-order valence-electron chi connectivity index (χ1n) is 4.75. The normalized spacial score (nSPS) is 10.1. The van der Waals surface area contributed by atoms with Gasteiger partial charge in [0.15, 0.2) is 0 Å². The fraction of sp³-hybridized carbons (Fsp3) is 0.600. The van der Waals surface area contributed by atoms with Gasteiger partial charge in [-0.25, -0.2) is 0 Å². The van der Waals surface area contributed by atoms with Gasteiger partial charge in [0.2, 0.25) is 0 Å². The minimum absolute atomic E-state index is 0.631. The van der Waals surface area contributed by atoms with Crippen LogP contribution in [0.2, 0.25) is 0 Å². The van der Waals surface area contributed by atoms with Crippen LogP contribution in [0.3, 0.4) is 0 Å². The van der Waals surface area contributed by atoms with Crippen LogP contribution >= 0.6 is 0 Å². The number of aryl methyl sites for hydroxylation is 2. The second-order valence-electron chi connectivity index (χ2n) is 3.43. The van der Waals surface area contributed by atoms with Gasteiger partial charge in [-0.2, -0.15) is 10.4 Å². The highest BCUT2D eigenvalue weighted by molar-refractivity contribution is 5.56. The van der Waals surface area contributed by atoms with Crippen LogP contribution in [0, 0.1) is 18.3 Å². The number of ether oxygens (including phenoxy) is 1. The van der Waals surface area contributed by atoms with Crippen molar-refractivity contribution in [3.63, 3.8) is 0 Å². The van der Waals surface area contributed by atoms with Crippen molar-refractivity contribution in [2.45, 2.75) is 6.92 Å². The van der Waals surface area contributed by atoms with E-state index in [1.807, 2.05) is 25.9 Å². The number of nitrogens with zero attached hydrogens (tertiary/aromatic N) is 4. The van der Waals surface area contributed by atoms with Crippen molar-refractivity contribution in [3.8, 4) is 6.07 Å². The summed E-state index contributed by atoms with van der Waals surface area (Å²) in [6.07, 6.45) is 0. The lowest BCUT2D eigenvalue weighted by Gasteiger charge is -2.18. The first kappa shape index (κ1) is 11.5. The van der Waals surface area contributed by atoms with Crippen LogP contribution in [0.4, 0.5) is 5.82 Å². The fourth-order valence-electron chi connectivity index (χ4n) is 1.55. The molecule has 0 fully saturated rings. The molecule has 0 spiro atoms. The number of nitriles is 1. The molecule has 0 atom stereocenters. The zero-order valence-corrected chi connectivity index (χ0v) is 9.61. The summed E-state index contributed by atoms with van der Waals surface area (Å²) in [5.41, 5.74) is 1.40. The maximum atomic E-state index is 9.03. The number of hydrogen-bond acceptors (Lipinski definition) is 4. The van der Waals surface area contributed by atoms with E-state index in [1.165, 1.54) is 0 Å². The number of hydrogen-bond donors (Lipinski definition) is 0. The maximum Gasteiger partial charge on any atom is 0.144 e. The van der Waals surface area contributed by atoms with Crippen molar-refractivity contribution in [2.75, 3.05) is 32.2 Å². The smallest absolute Gasteiger partial charge is 0.144 e. The third-order valence-corrected chi connectivity index (χ3v) is 2.30. The van der Waals surface area contributed by atoms with E-state index in [-0.39, 0.29) is 0 Å². The van der Waals surface area contributed by atoms with Gasteiger partial charge in [-0.3, -0.25) is 4.68 Å². The second-order valence-corrected chi connectivity index (χ2v) is 3.43. The van der Waals surface area contributed by atoms with Crippen molar-refractivity contribution in [1.82, 2.24) is 9.78 Å². The number of anilines is 1. The third-order valence-electron chi connectivity index (χ3n) is 2.30. The highest BCUT2D eigenvalue weighted by atomic mass is 16.5. The summed E-state index contributed by atoms with van der Waals surface area (Å²) in [6, 6.07) is 2.18. The molecule has 1 aromatic rings. The minimum atomic E-state index is 0.631. The quantitative estimate of drug-likeness (QED) is 0.730. The van der Waals surface area contributed by atoms with Crippen molar-refractivity contribution in [2.24, 2.45) is 7.05 Å². The molecule has 0 N–H and O–H groups in total. The van der Waals surface area contributed by atoms with Crippen LogP contribution < -0.4 is 4.90 Å². The van der Waals surface area contributed by atoms with Gasteiger partial charge >= 0.3 is 0 Å². The molecule has 15 heavy (non-hydrogen) atoms. The van der Waals surface area contributed by atoms with Crippen LogP contribution in [0.15, 0.2) is 0 Å². The largest absolute Gasteiger partial charge is 0.383 e. The van der Waals surface area contributed by atoms with Gasteiger partial charge in [0.1, 0.15) is 17.5 Å². The molecule has 0 amide bonds. The molecule has 0 aliphatic heterocycles. The van der Waals surface area contributed by atoms with E-state index in [0.29, 0.717) is 12.2 Å². The SMILES string of the molecule is COCCN(C)c1c(C#N)c(C)nn1C. The zero-order chi connectivity index (χ0) is 11.4. The topological polar surface area (TPSA) is 54.1 Å². The standard InChI is InChI=1S/C10H16N4O/c1-8-9(7-11)10(14(3)12-8)13(2)5-6-15-4/h5-6H2,1-4H3. The van der Waals surface area contributed by atoms with Gasteiger partial charge < -0.3 is 9.64 Å². The first-order chi connectivity index (χ1) is 7.11. The highest BCUT2D eigenvalue weighted by Gasteiger charge is 2.15. The summed E-state index contributed by atoms with van der Waals surface area (Å²) >= 11 is 0. The predicted molar refractivity (Wildman–Crippen MR) is 57.8 cm³/mol. The summed E-state index contributed by atoms with van der Waals surface area (Å²) < 4.78 is 6.73. The van der Waals surface area contributed by atoms with E-state index in [0.717, 1.165) is 18.1 Å². The number of aromatic nitrogens is 2.